The van der Waals surface area contributed by atoms with Crippen LogP contribution in [0.3, 0.4) is 0 Å². The number of nitrogens with zero attached hydrogens (tertiary/aromatic N) is 4. The highest BCUT2D eigenvalue weighted by atomic mass is 16.1. The standard InChI is InChI=1S/C29H33N7O2/c1-18-15-35(16-19-10-12-20(13-11-19)28(37)32-25-9-5-4-8-24(25)30)17-23(18)26-33-27-22(29(38)34-26)14-31-36(27)21-6-2-3-7-21/h4-5,8-14,18,21,23H,2-3,6-7,15-17,30H2,1H3,(H,32,37)(H,33,34,38). The van der Waals surface area contributed by atoms with E-state index in [9.17, 15) is 9.59 Å². The number of nitrogen functional groups attached to an aromatic ring is 1. The lowest BCUT2D eigenvalue weighted by atomic mass is 9.97. The summed E-state index contributed by atoms with van der Waals surface area (Å²) in [7, 11) is 0. The number of H-pyrrole nitrogens is 1. The first-order chi connectivity index (χ1) is 18.5. The minimum absolute atomic E-state index is 0.106. The van der Waals surface area contributed by atoms with Crippen LogP contribution < -0.4 is 16.6 Å². The van der Waals surface area contributed by atoms with Crippen LogP contribution in [0.5, 0.6) is 0 Å². The second-order valence-electron chi connectivity index (χ2n) is 10.7. The van der Waals surface area contributed by atoms with Gasteiger partial charge in [0.25, 0.3) is 11.5 Å². The van der Waals surface area contributed by atoms with Gasteiger partial charge in [-0.05, 0) is 48.6 Å². The Kier molecular flexibility index (Phi) is 6.45. The molecule has 196 valence electrons. The van der Waals surface area contributed by atoms with E-state index < -0.39 is 0 Å². The van der Waals surface area contributed by atoms with Gasteiger partial charge in [0.05, 0.1) is 23.6 Å². The molecule has 2 atom stereocenters. The van der Waals surface area contributed by atoms with Crippen molar-refractivity contribution in [3.63, 3.8) is 0 Å². The van der Waals surface area contributed by atoms with Crippen molar-refractivity contribution in [3.05, 3.63) is 82.0 Å². The van der Waals surface area contributed by atoms with Crippen LogP contribution in [0.15, 0.2) is 59.5 Å². The number of nitrogens with one attached hydrogen (secondary N) is 2. The lowest BCUT2D eigenvalue weighted by molar-refractivity contribution is 0.102. The van der Waals surface area contributed by atoms with Crippen molar-refractivity contribution in [2.75, 3.05) is 24.1 Å². The Balaban J connectivity index is 1.14. The number of aromatic amines is 1. The van der Waals surface area contributed by atoms with E-state index in [1.807, 2.05) is 41.1 Å². The Hall–Kier alpha value is -3.98. The molecule has 1 aliphatic heterocycles. The van der Waals surface area contributed by atoms with E-state index in [-0.39, 0.29) is 17.4 Å². The molecule has 4 N–H and O–H groups in total. The zero-order valence-electron chi connectivity index (χ0n) is 21.6. The number of amides is 1. The van der Waals surface area contributed by atoms with Crippen LogP contribution >= 0.6 is 0 Å². The van der Waals surface area contributed by atoms with Gasteiger partial charge in [0, 0.05) is 31.1 Å². The highest BCUT2D eigenvalue weighted by Gasteiger charge is 2.33. The predicted molar refractivity (Wildman–Crippen MR) is 148 cm³/mol. The number of anilines is 2. The third-order valence-electron chi connectivity index (χ3n) is 8.02. The molecule has 3 heterocycles. The van der Waals surface area contributed by atoms with E-state index in [2.05, 4.69) is 27.2 Å². The number of benzene rings is 2. The average Bonchev–Trinajstić information content (AvgIpc) is 3.66. The molecule has 2 aliphatic rings. The summed E-state index contributed by atoms with van der Waals surface area (Å²) in [6, 6.07) is 15.2. The number of aromatic nitrogens is 4. The molecule has 0 radical (unpaired) electrons. The third kappa shape index (κ3) is 4.69. The number of rotatable bonds is 6. The highest BCUT2D eigenvalue weighted by Crippen LogP contribution is 2.33. The monoisotopic (exact) mass is 511 g/mol. The second-order valence-corrected chi connectivity index (χ2v) is 10.7. The van der Waals surface area contributed by atoms with E-state index >= 15 is 0 Å². The van der Waals surface area contributed by atoms with Crippen molar-refractivity contribution >= 4 is 28.3 Å². The van der Waals surface area contributed by atoms with Crippen molar-refractivity contribution in [2.24, 2.45) is 5.92 Å². The first-order valence-corrected chi connectivity index (χ1v) is 13.4. The smallest absolute Gasteiger partial charge is 0.262 e. The van der Waals surface area contributed by atoms with Gasteiger partial charge in [0.1, 0.15) is 11.2 Å². The normalized spacial score (nSPS) is 20.3. The summed E-state index contributed by atoms with van der Waals surface area (Å²) in [5.74, 6) is 1.05. The summed E-state index contributed by atoms with van der Waals surface area (Å²) in [6.45, 7) is 4.69. The third-order valence-corrected chi connectivity index (χ3v) is 8.02. The molecule has 9 heteroatoms. The second kappa shape index (κ2) is 10.1. The molecule has 2 fully saturated rings. The Bertz CT molecular complexity index is 1520. The molecular formula is C29H33N7O2. The number of hydrogen-bond acceptors (Lipinski definition) is 6. The van der Waals surface area contributed by atoms with E-state index in [0.717, 1.165) is 43.9 Å². The van der Waals surface area contributed by atoms with Crippen molar-refractivity contribution < 1.29 is 4.79 Å². The number of hydrogen-bond donors (Lipinski definition) is 3. The van der Waals surface area contributed by atoms with Gasteiger partial charge in [-0.15, -0.1) is 0 Å². The maximum Gasteiger partial charge on any atom is 0.262 e. The first kappa shape index (κ1) is 24.4. The SMILES string of the molecule is CC1CN(Cc2ccc(C(=O)Nc3ccccc3N)cc2)CC1c1nc2c(cnn2C2CCCC2)c(=O)[nH]1. The van der Waals surface area contributed by atoms with Gasteiger partial charge in [-0.25, -0.2) is 9.67 Å². The van der Waals surface area contributed by atoms with E-state index in [1.165, 1.54) is 12.8 Å². The molecule has 2 aromatic heterocycles. The molecule has 2 aromatic carbocycles. The molecule has 1 saturated carbocycles. The lowest BCUT2D eigenvalue weighted by Gasteiger charge is -2.17. The zero-order chi connectivity index (χ0) is 26.2. The Morgan fingerprint density at radius 3 is 2.63 bits per heavy atom. The van der Waals surface area contributed by atoms with Crippen LogP contribution in [-0.4, -0.2) is 43.6 Å². The largest absolute Gasteiger partial charge is 0.397 e. The summed E-state index contributed by atoms with van der Waals surface area (Å²) in [5.41, 5.74) is 9.41. The van der Waals surface area contributed by atoms with Crippen LogP contribution in [-0.2, 0) is 6.54 Å². The van der Waals surface area contributed by atoms with Gasteiger partial charge >= 0.3 is 0 Å². The summed E-state index contributed by atoms with van der Waals surface area (Å²) in [5, 5.41) is 7.97. The number of fused-ring (bicyclic) bond motifs is 1. The maximum atomic E-state index is 12.9. The number of likely N-dealkylation sites (tertiary alicyclic amines) is 1. The molecule has 0 spiro atoms. The number of nitrogens with two attached hydrogens (primary N) is 1. The van der Waals surface area contributed by atoms with Crippen LogP contribution in [0.1, 0.15) is 66.3 Å². The van der Waals surface area contributed by atoms with Gasteiger partial charge in [0.15, 0.2) is 5.65 Å². The fraction of sp³-hybridized carbons (Fsp3) is 0.379. The van der Waals surface area contributed by atoms with Gasteiger partial charge in [-0.1, -0.05) is 44.0 Å². The quantitative estimate of drug-likeness (QED) is 0.332. The number of carbonyl (C=O) groups is 1. The first-order valence-electron chi connectivity index (χ1n) is 13.4. The van der Waals surface area contributed by atoms with E-state index in [4.69, 9.17) is 10.7 Å². The molecule has 0 bridgehead atoms. The van der Waals surface area contributed by atoms with Crippen molar-refractivity contribution in [1.82, 2.24) is 24.6 Å². The molecule has 4 aromatic rings. The summed E-state index contributed by atoms with van der Waals surface area (Å²) < 4.78 is 1.97. The lowest BCUT2D eigenvalue weighted by Crippen LogP contribution is -2.22. The topological polar surface area (TPSA) is 122 Å². The minimum Gasteiger partial charge on any atom is -0.397 e. The fourth-order valence-electron chi connectivity index (χ4n) is 5.92. The van der Waals surface area contributed by atoms with Gasteiger partial charge < -0.3 is 16.0 Å². The van der Waals surface area contributed by atoms with E-state index in [1.54, 1.807) is 18.3 Å². The minimum atomic E-state index is -0.188. The fourth-order valence-corrected chi connectivity index (χ4v) is 5.92. The van der Waals surface area contributed by atoms with Crippen LogP contribution in [0.25, 0.3) is 11.0 Å². The Morgan fingerprint density at radius 1 is 1.11 bits per heavy atom. The molecule has 6 rings (SSSR count). The Labute approximate surface area is 221 Å². The summed E-state index contributed by atoms with van der Waals surface area (Å²) >= 11 is 0. The van der Waals surface area contributed by atoms with Gasteiger partial charge in [0.2, 0.25) is 0 Å². The molecule has 9 nitrogen and oxygen atoms in total. The predicted octanol–water partition coefficient (Wildman–Crippen LogP) is 4.30. The van der Waals surface area contributed by atoms with Crippen molar-refractivity contribution in [1.29, 1.82) is 0 Å². The number of para-hydroxylation sites is 2. The van der Waals surface area contributed by atoms with Crippen LogP contribution in [0, 0.1) is 5.92 Å². The molecule has 38 heavy (non-hydrogen) atoms. The average molecular weight is 512 g/mol. The van der Waals surface area contributed by atoms with E-state index in [0.29, 0.717) is 39.9 Å². The molecular weight excluding hydrogens is 478 g/mol. The summed E-state index contributed by atoms with van der Waals surface area (Å²) in [6.07, 6.45) is 6.24. The molecule has 1 saturated heterocycles. The molecule has 2 unspecified atom stereocenters. The number of carbonyl (C=O) groups excluding carboxylic acids is 1. The van der Waals surface area contributed by atoms with Crippen molar-refractivity contribution in [2.45, 2.75) is 51.1 Å². The molecule has 1 aliphatic carbocycles. The van der Waals surface area contributed by atoms with Crippen LogP contribution in [0.2, 0.25) is 0 Å². The van der Waals surface area contributed by atoms with Gasteiger partial charge in [-0.2, -0.15) is 5.10 Å². The van der Waals surface area contributed by atoms with Crippen LogP contribution in [0.4, 0.5) is 11.4 Å². The molecule has 1 amide bonds. The summed E-state index contributed by atoms with van der Waals surface area (Å²) in [4.78, 5) is 35.9. The maximum absolute atomic E-state index is 12.9. The van der Waals surface area contributed by atoms with Crippen molar-refractivity contribution in [3.8, 4) is 0 Å². The Morgan fingerprint density at radius 2 is 1.87 bits per heavy atom. The highest BCUT2D eigenvalue weighted by molar-refractivity contribution is 6.05. The zero-order valence-corrected chi connectivity index (χ0v) is 21.6. The van der Waals surface area contributed by atoms with Gasteiger partial charge in [-0.3, -0.25) is 14.5 Å².